The van der Waals surface area contributed by atoms with E-state index in [-0.39, 0.29) is 23.7 Å². The summed E-state index contributed by atoms with van der Waals surface area (Å²) in [7, 11) is 0.317. The van der Waals surface area contributed by atoms with Gasteiger partial charge in [-0.2, -0.15) is 0 Å². The third-order valence-corrected chi connectivity index (χ3v) is 9.52. The second kappa shape index (κ2) is 9.32. The second-order valence-corrected chi connectivity index (χ2v) is 15.0. The summed E-state index contributed by atoms with van der Waals surface area (Å²) in [5, 5.41) is 9.29. The molecule has 7 heteroatoms. The van der Waals surface area contributed by atoms with Gasteiger partial charge >= 0.3 is 0 Å². The number of unbranched alkanes of at least 4 members (excludes halogenated alkanes) is 1. The van der Waals surface area contributed by atoms with Crippen LogP contribution in [0.5, 0.6) is 11.5 Å². The largest absolute Gasteiger partial charge is 0.546 e. The molecule has 1 heterocycles. The van der Waals surface area contributed by atoms with Crippen molar-refractivity contribution in [3.05, 3.63) is 23.3 Å². The Morgan fingerprint density at radius 2 is 1.80 bits per heavy atom. The molecule has 1 aliphatic heterocycles. The van der Waals surface area contributed by atoms with E-state index in [9.17, 15) is 5.11 Å². The van der Waals surface area contributed by atoms with Gasteiger partial charge < -0.3 is 19.0 Å². The van der Waals surface area contributed by atoms with Crippen molar-refractivity contribution in [2.45, 2.75) is 102 Å². The Morgan fingerprint density at radius 3 is 2.34 bits per heavy atom. The Balaban J connectivity index is 1.59. The molecule has 1 N–H and O–H groups in total. The number of benzene rings is 1. The van der Waals surface area contributed by atoms with Crippen LogP contribution in [0.1, 0.15) is 82.9 Å². The first-order valence-corrected chi connectivity index (χ1v) is 16.4. The van der Waals surface area contributed by atoms with Crippen molar-refractivity contribution < 1.29 is 28.8 Å². The lowest BCUT2D eigenvalue weighted by Crippen LogP contribution is -2.77. The zero-order valence-corrected chi connectivity index (χ0v) is 23.5. The Morgan fingerprint density at radius 1 is 1.09 bits per heavy atom. The number of aliphatic hydroxyl groups is 1. The zero-order valence-electron chi connectivity index (χ0n) is 22.4. The van der Waals surface area contributed by atoms with E-state index in [1.807, 2.05) is 0 Å². The summed E-state index contributed by atoms with van der Waals surface area (Å²) in [5.74, 6) is 3.63. The number of aliphatic hydroxyl groups excluding tert-OH is 1. The van der Waals surface area contributed by atoms with E-state index in [0.717, 1.165) is 48.3 Å². The van der Waals surface area contributed by atoms with Crippen LogP contribution in [0.2, 0.25) is 13.1 Å². The fourth-order valence-electron chi connectivity index (χ4n) is 7.78. The van der Waals surface area contributed by atoms with Crippen molar-refractivity contribution >= 4 is 9.04 Å². The SMILES string of the molecule is COc1ccc(C2OOC23C2CC4CC(C2)CC3(OCCCCO)C4)c(O[SiH](C)C)c1C(C)(C)C. The number of methoxy groups -OCH3 is 1. The molecule has 1 spiro atoms. The maximum Gasteiger partial charge on any atom is 0.229 e. The lowest BCUT2D eigenvalue weighted by molar-refractivity contribution is -0.571. The zero-order chi connectivity index (χ0) is 25.0. The maximum absolute atomic E-state index is 9.29. The summed E-state index contributed by atoms with van der Waals surface area (Å²) >= 11 is 0. The Labute approximate surface area is 212 Å². The number of hydrogen-bond acceptors (Lipinski definition) is 6. The van der Waals surface area contributed by atoms with Crippen LogP contribution >= 0.6 is 0 Å². The summed E-state index contributed by atoms with van der Waals surface area (Å²) in [5.41, 5.74) is 1.20. The van der Waals surface area contributed by atoms with Gasteiger partial charge in [0.15, 0.2) is 11.7 Å². The van der Waals surface area contributed by atoms with E-state index < -0.39 is 14.6 Å². The molecule has 4 bridgehead atoms. The molecular formula is C28H44O6Si. The normalized spacial score (nSPS) is 35.5. The summed E-state index contributed by atoms with van der Waals surface area (Å²) in [6.07, 6.45) is 7.19. The summed E-state index contributed by atoms with van der Waals surface area (Å²) in [6, 6.07) is 4.21. The third kappa shape index (κ3) is 4.06. The van der Waals surface area contributed by atoms with Crippen LogP contribution < -0.4 is 9.16 Å². The highest BCUT2D eigenvalue weighted by molar-refractivity contribution is 6.49. The van der Waals surface area contributed by atoms with E-state index in [1.165, 1.54) is 19.3 Å². The minimum Gasteiger partial charge on any atom is -0.546 e. The van der Waals surface area contributed by atoms with Crippen LogP contribution in [-0.4, -0.2) is 45.7 Å². The maximum atomic E-state index is 9.29. The molecule has 4 aliphatic carbocycles. The van der Waals surface area contributed by atoms with Crippen molar-refractivity contribution in [3.8, 4) is 11.5 Å². The van der Waals surface area contributed by atoms with E-state index in [0.29, 0.717) is 24.4 Å². The van der Waals surface area contributed by atoms with Crippen LogP contribution in [0, 0.1) is 17.8 Å². The molecule has 5 fully saturated rings. The van der Waals surface area contributed by atoms with Crippen LogP contribution in [0.3, 0.4) is 0 Å². The van der Waals surface area contributed by atoms with Gasteiger partial charge in [0, 0.05) is 24.3 Å². The Kier molecular flexibility index (Phi) is 6.80. The van der Waals surface area contributed by atoms with Crippen molar-refractivity contribution in [2.24, 2.45) is 17.8 Å². The molecule has 0 radical (unpaired) electrons. The smallest absolute Gasteiger partial charge is 0.229 e. The van der Waals surface area contributed by atoms with Crippen LogP contribution in [0.25, 0.3) is 0 Å². The average Bonchev–Trinajstić information content (AvgIpc) is 2.75. The van der Waals surface area contributed by atoms with E-state index >= 15 is 0 Å². The minimum atomic E-state index is -1.42. The fourth-order valence-corrected chi connectivity index (χ4v) is 8.50. The number of hydrogen-bond donors (Lipinski definition) is 1. The van der Waals surface area contributed by atoms with Gasteiger partial charge in [0.2, 0.25) is 9.04 Å². The average molecular weight is 505 g/mol. The van der Waals surface area contributed by atoms with E-state index in [4.69, 9.17) is 23.7 Å². The highest BCUT2D eigenvalue weighted by Crippen LogP contribution is 2.70. The van der Waals surface area contributed by atoms with E-state index in [2.05, 4.69) is 46.0 Å². The number of rotatable bonds is 9. The number of ether oxygens (including phenoxy) is 2. The molecule has 1 aromatic carbocycles. The Hall–Kier alpha value is -1.12. The van der Waals surface area contributed by atoms with Crippen molar-refractivity contribution in [1.82, 2.24) is 0 Å². The van der Waals surface area contributed by atoms with Gasteiger partial charge in [0.05, 0.1) is 7.11 Å². The molecule has 0 aromatic heterocycles. The topological polar surface area (TPSA) is 66.4 Å². The lowest BCUT2D eigenvalue weighted by atomic mass is 9.45. The molecule has 6 nitrogen and oxygen atoms in total. The van der Waals surface area contributed by atoms with Crippen molar-refractivity contribution in [3.63, 3.8) is 0 Å². The molecule has 1 saturated heterocycles. The highest BCUT2D eigenvalue weighted by Gasteiger charge is 2.76. The summed E-state index contributed by atoms with van der Waals surface area (Å²) < 4.78 is 19.4. The summed E-state index contributed by atoms with van der Waals surface area (Å²) in [4.78, 5) is 12.4. The van der Waals surface area contributed by atoms with E-state index in [1.54, 1.807) is 7.11 Å². The molecule has 0 amide bonds. The molecule has 35 heavy (non-hydrogen) atoms. The van der Waals surface area contributed by atoms with Crippen LogP contribution in [-0.2, 0) is 19.9 Å². The molecule has 4 saturated carbocycles. The lowest BCUT2D eigenvalue weighted by Gasteiger charge is -2.70. The molecule has 6 rings (SSSR count). The predicted octanol–water partition coefficient (Wildman–Crippen LogP) is 5.46. The minimum absolute atomic E-state index is 0.152. The van der Waals surface area contributed by atoms with Crippen molar-refractivity contribution in [2.75, 3.05) is 20.3 Å². The van der Waals surface area contributed by atoms with Crippen molar-refractivity contribution in [1.29, 1.82) is 0 Å². The first kappa shape index (κ1) is 25.5. The molecule has 4 atom stereocenters. The molecule has 4 unspecified atom stereocenters. The molecule has 5 aliphatic rings. The van der Waals surface area contributed by atoms with Crippen LogP contribution in [0.15, 0.2) is 12.1 Å². The molecule has 196 valence electrons. The Bertz CT molecular complexity index is 913. The third-order valence-electron chi connectivity index (χ3n) is 8.82. The van der Waals surface area contributed by atoms with Gasteiger partial charge in [-0.15, -0.1) is 0 Å². The monoisotopic (exact) mass is 504 g/mol. The quantitative estimate of drug-likeness (QED) is 0.273. The van der Waals surface area contributed by atoms with Gasteiger partial charge in [0.25, 0.3) is 0 Å². The van der Waals surface area contributed by atoms with Gasteiger partial charge in [-0.1, -0.05) is 20.8 Å². The van der Waals surface area contributed by atoms with Gasteiger partial charge in [-0.3, -0.25) is 0 Å². The first-order chi connectivity index (χ1) is 16.6. The first-order valence-electron chi connectivity index (χ1n) is 13.6. The second-order valence-electron chi connectivity index (χ2n) is 12.6. The van der Waals surface area contributed by atoms with Gasteiger partial charge in [-0.25, -0.2) is 9.78 Å². The highest BCUT2D eigenvalue weighted by atomic mass is 28.3. The molecular weight excluding hydrogens is 460 g/mol. The van der Waals surface area contributed by atoms with Crippen LogP contribution in [0.4, 0.5) is 0 Å². The predicted molar refractivity (Wildman–Crippen MR) is 137 cm³/mol. The van der Waals surface area contributed by atoms with Gasteiger partial charge in [-0.05, 0) is 93.3 Å². The van der Waals surface area contributed by atoms with Gasteiger partial charge in [0.1, 0.15) is 17.1 Å². The summed E-state index contributed by atoms with van der Waals surface area (Å²) in [6.45, 7) is 11.9. The fraction of sp³-hybridized carbons (Fsp3) is 0.786. The molecule has 1 aromatic rings. The standard InChI is InChI=1S/C28H44O6Si/c1-26(2,3)23-22(30-4)10-9-21(24(23)33-35(5)6)25-28(34-32-25)20-14-18-13-19(15-20)17-27(28,16-18)31-12-8-7-11-29/h9-10,18-20,25,29,35H,7-8,11-17H2,1-6H3.